The molecule has 4 nitrogen and oxygen atoms in total. The maximum Gasteiger partial charge on any atom is 0.191 e. The lowest BCUT2D eigenvalue weighted by atomic mass is 9.95. The number of aryl methyl sites for hydroxylation is 1. The van der Waals surface area contributed by atoms with E-state index in [0.717, 1.165) is 23.2 Å². The Bertz CT molecular complexity index is 348. The van der Waals surface area contributed by atoms with Crippen LogP contribution in [0.2, 0.25) is 0 Å². The van der Waals surface area contributed by atoms with Crippen molar-refractivity contribution in [1.82, 2.24) is 14.8 Å². The van der Waals surface area contributed by atoms with E-state index in [2.05, 4.69) is 14.8 Å². The van der Waals surface area contributed by atoms with E-state index in [1.165, 1.54) is 32.1 Å². The summed E-state index contributed by atoms with van der Waals surface area (Å²) in [6.07, 6.45) is 7.34. The van der Waals surface area contributed by atoms with Gasteiger partial charge in [0, 0.05) is 18.4 Å². The molecule has 1 aromatic heterocycles. The third kappa shape index (κ3) is 3.22. The summed E-state index contributed by atoms with van der Waals surface area (Å²) in [4.78, 5) is 0. The molecule has 0 aromatic carbocycles. The van der Waals surface area contributed by atoms with Gasteiger partial charge in [-0.1, -0.05) is 31.0 Å². The zero-order chi connectivity index (χ0) is 12.1. The van der Waals surface area contributed by atoms with Crippen LogP contribution in [0.3, 0.4) is 0 Å². The third-order valence-corrected chi connectivity index (χ3v) is 4.34. The fourth-order valence-electron chi connectivity index (χ4n) is 2.44. The highest BCUT2D eigenvalue weighted by Crippen LogP contribution is 2.32. The van der Waals surface area contributed by atoms with Gasteiger partial charge in [0.25, 0.3) is 0 Å². The van der Waals surface area contributed by atoms with Crippen LogP contribution in [0.15, 0.2) is 5.16 Å². The number of hydrogen-bond donors (Lipinski definition) is 1. The first-order valence-electron chi connectivity index (χ1n) is 6.48. The Balaban J connectivity index is 2.05. The SMILES string of the molecule is Cc1nnc(SCCCO)n1C1CCCCC1. The molecule has 5 heteroatoms. The van der Waals surface area contributed by atoms with Gasteiger partial charge >= 0.3 is 0 Å². The average molecular weight is 255 g/mol. The van der Waals surface area contributed by atoms with Crippen LogP contribution < -0.4 is 0 Å². The average Bonchev–Trinajstić information content (AvgIpc) is 2.72. The minimum absolute atomic E-state index is 0.254. The van der Waals surface area contributed by atoms with E-state index in [4.69, 9.17) is 5.11 Å². The van der Waals surface area contributed by atoms with Gasteiger partial charge in [-0.25, -0.2) is 0 Å². The Morgan fingerprint density at radius 2 is 2.06 bits per heavy atom. The van der Waals surface area contributed by atoms with Gasteiger partial charge in [-0.2, -0.15) is 0 Å². The Hall–Kier alpha value is -0.550. The van der Waals surface area contributed by atoms with E-state index < -0.39 is 0 Å². The van der Waals surface area contributed by atoms with Crippen molar-refractivity contribution >= 4 is 11.8 Å². The van der Waals surface area contributed by atoms with Crippen molar-refractivity contribution in [3.63, 3.8) is 0 Å². The second-order valence-electron chi connectivity index (χ2n) is 4.62. The van der Waals surface area contributed by atoms with Crippen LogP contribution in [0.4, 0.5) is 0 Å². The molecular weight excluding hydrogens is 234 g/mol. The summed E-state index contributed by atoms with van der Waals surface area (Å²) in [5.41, 5.74) is 0. The zero-order valence-corrected chi connectivity index (χ0v) is 11.2. The van der Waals surface area contributed by atoms with Crippen LogP contribution in [0.25, 0.3) is 0 Å². The molecule has 0 amide bonds. The van der Waals surface area contributed by atoms with Crippen LogP contribution in [0, 0.1) is 6.92 Å². The lowest BCUT2D eigenvalue weighted by molar-refractivity contribution is 0.296. The van der Waals surface area contributed by atoms with Crippen molar-refractivity contribution in [2.45, 2.75) is 56.6 Å². The summed E-state index contributed by atoms with van der Waals surface area (Å²) in [5, 5.41) is 18.3. The molecule has 0 aliphatic heterocycles. The minimum atomic E-state index is 0.254. The normalized spacial score (nSPS) is 17.5. The number of aromatic nitrogens is 3. The molecule has 0 bridgehead atoms. The summed E-state index contributed by atoms with van der Waals surface area (Å²) in [6.45, 7) is 2.29. The highest BCUT2D eigenvalue weighted by atomic mass is 32.2. The van der Waals surface area contributed by atoms with E-state index in [9.17, 15) is 0 Å². The van der Waals surface area contributed by atoms with Gasteiger partial charge in [0.2, 0.25) is 0 Å². The summed E-state index contributed by atoms with van der Waals surface area (Å²) >= 11 is 1.72. The number of aliphatic hydroxyl groups is 1. The Labute approximate surface area is 107 Å². The summed E-state index contributed by atoms with van der Waals surface area (Å²) in [7, 11) is 0. The van der Waals surface area contributed by atoms with Crippen molar-refractivity contribution in [3.8, 4) is 0 Å². The minimum Gasteiger partial charge on any atom is -0.396 e. The van der Waals surface area contributed by atoms with Crippen LogP contribution in [-0.4, -0.2) is 32.2 Å². The highest BCUT2D eigenvalue weighted by molar-refractivity contribution is 7.99. The Morgan fingerprint density at radius 1 is 1.29 bits per heavy atom. The van der Waals surface area contributed by atoms with Gasteiger partial charge in [0.15, 0.2) is 5.16 Å². The number of rotatable bonds is 5. The van der Waals surface area contributed by atoms with E-state index in [0.29, 0.717) is 6.04 Å². The van der Waals surface area contributed by atoms with Gasteiger partial charge in [-0.15, -0.1) is 10.2 Å². The molecule has 17 heavy (non-hydrogen) atoms. The lowest BCUT2D eigenvalue weighted by Gasteiger charge is -2.24. The first-order chi connectivity index (χ1) is 8.33. The van der Waals surface area contributed by atoms with Gasteiger partial charge in [-0.3, -0.25) is 0 Å². The van der Waals surface area contributed by atoms with E-state index in [1.807, 2.05) is 6.92 Å². The highest BCUT2D eigenvalue weighted by Gasteiger charge is 2.20. The smallest absolute Gasteiger partial charge is 0.191 e. The van der Waals surface area contributed by atoms with Crippen molar-refractivity contribution in [2.75, 3.05) is 12.4 Å². The largest absolute Gasteiger partial charge is 0.396 e. The third-order valence-electron chi connectivity index (χ3n) is 3.31. The fraction of sp³-hybridized carbons (Fsp3) is 0.833. The molecule has 1 aliphatic rings. The van der Waals surface area contributed by atoms with Gasteiger partial charge in [0.1, 0.15) is 5.82 Å². The topological polar surface area (TPSA) is 50.9 Å². The molecule has 1 heterocycles. The number of thioether (sulfide) groups is 1. The summed E-state index contributed by atoms with van der Waals surface area (Å²) in [5.74, 6) is 1.95. The predicted molar refractivity (Wildman–Crippen MR) is 69.3 cm³/mol. The molecule has 0 unspecified atom stereocenters. The van der Waals surface area contributed by atoms with Crippen LogP contribution in [-0.2, 0) is 0 Å². The first-order valence-corrected chi connectivity index (χ1v) is 7.46. The van der Waals surface area contributed by atoms with Crippen LogP contribution in [0.1, 0.15) is 50.4 Å². The monoisotopic (exact) mass is 255 g/mol. The second kappa shape index (κ2) is 6.40. The molecule has 0 radical (unpaired) electrons. The number of nitrogens with zero attached hydrogens (tertiary/aromatic N) is 3. The maximum atomic E-state index is 8.81. The predicted octanol–water partition coefficient (Wildman–Crippen LogP) is 2.57. The van der Waals surface area contributed by atoms with E-state index >= 15 is 0 Å². The van der Waals surface area contributed by atoms with Crippen molar-refractivity contribution in [2.24, 2.45) is 0 Å². The Kier molecular flexibility index (Phi) is 4.86. The molecule has 96 valence electrons. The lowest BCUT2D eigenvalue weighted by Crippen LogP contribution is -2.15. The number of aliphatic hydroxyl groups excluding tert-OH is 1. The van der Waals surface area contributed by atoms with Crippen LogP contribution >= 0.6 is 11.8 Å². The molecule has 0 spiro atoms. The van der Waals surface area contributed by atoms with E-state index in [-0.39, 0.29) is 6.61 Å². The summed E-state index contributed by atoms with van der Waals surface area (Å²) < 4.78 is 2.31. The first kappa shape index (κ1) is 12.9. The molecule has 1 fully saturated rings. The molecule has 1 N–H and O–H groups in total. The Morgan fingerprint density at radius 3 is 2.76 bits per heavy atom. The quantitative estimate of drug-likeness (QED) is 0.649. The van der Waals surface area contributed by atoms with Gasteiger partial charge in [0.05, 0.1) is 0 Å². The van der Waals surface area contributed by atoms with Crippen molar-refractivity contribution in [3.05, 3.63) is 5.82 Å². The maximum absolute atomic E-state index is 8.81. The fourth-order valence-corrected chi connectivity index (χ4v) is 3.41. The van der Waals surface area contributed by atoms with Gasteiger partial charge in [-0.05, 0) is 26.2 Å². The molecule has 0 atom stereocenters. The molecule has 1 aliphatic carbocycles. The molecule has 0 saturated heterocycles. The van der Waals surface area contributed by atoms with Crippen molar-refractivity contribution in [1.29, 1.82) is 0 Å². The molecule has 2 rings (SSSR count). The number of hydrogen-bond acceptors (Lipinski definition) is 4. The van der Waals surface area contributed by atoms with Gasteiger partial charge < -0.3 is 9.67 Å². The summed E-state index contributed by atoms with van der Waals surface area (Å²) in [6, 6.07) is 0.593. The molecular formula is C12H21N3OS. The van der Waals surface area contributed by atoms with E-state index in [1.54, 1.807) is 11.8 Å². The molecule has 1 aromatic rings. The standard InChI is InChI=1S/C12H21N3OS/c1-10-13-14-12(17-9-5-8-16)15(10)11-6-3-2-4-7-11/h11,16H,2-9H2,1H3. The van der Waals surface area contributed by atoms with Crippen LogP contribution in [0.5, 0.6) is 0 Å². The molecule has 1 saturated carbocycles. The zero-order valence-electron chi connectivity index (χ0n) is 10.4. The second-order valence-corrected chi connectivity index (χ2v) is 5.68. The van der Waals surface area contributed by atoms with Crippen molar-refractivity contribution < 1.29 is 5.11 Å².